The quantitative estimate of drug-likeness (QED) is 0.557. The normalized spacial score (nSPS) is 11.3. The molecule has 0 fully saturated rings. The number of halogens is 3. The molecule has 20 heavy (non-hydrogen) atoms. The van der Waals surface area contributed by atoms with Crippen LogP contribution in [0.3, 0.4) is 0 Å². The monoisotopic (exact) mass is 442 g/mol. The van der Waals surface area contributed by atoms with Crippen LogP contribution in [0.2, 0.25) is 10.0 Å². The Morgan fingerprint density at radius 1 is 1.10 bits per heavy atom. The number of nitrogens with two attached hydrogens (primary N) is 1. The van der Waals surface area contributed by atoms with Crippen LogP contribution >= 0.6 is 45.8 Å². The van der Waals surface area contributed by atoms with Gasteiger partial charge in [-0.15, -0.1) is 0 Å². The van der Waals surface area contributed by atoms with Gasteiger partial charge in [0.1, 0.15) is 4.90 Å². The number of anilines is 2. The molecule has 0 atom stereocenters. The fraction of sp³-hybridized carbons (Fsp3) is 0. The van der Waals surface area contributed by atoms with Gasteiger partial charge in [0.15, 0.2) is 0 Å². The summed E-state index contributed by atoms with van der Waals surface area (Å²) in [6.45, 7) is 0. The van der Waals surface area contributed by atoms with E-state index in [9.17, 15) is 8.42 Å². The standard InChI is InChI=1S/C12H9Cl2IN2O2S/c13-8-5-7(16)6-9(14)12(8)20(18,19)17-11-4-2-1-3-10(11)15/h1-6,17H,16H2. The van der Waals surface area contributed by atoms with Crippen LogP contribution in [0.4, 0.5) is 11.4 Å². The fourth-order valence-electron chi connectivity index (χ4n) is 1.58. The Balaban J connectivity index is 2.50. The largest absolute Gasteiger partial charge is 0.399 e. The summed E-state index contributed by atoms with van der Waals surface area (Å²) in [6.07, 6.45) is 0. The van der Waals surface area contributed by atoms with Gasteiger partial charge in [0.2, 0.25) is 0 Å². The van der Waals surface area contributed by atoms with Crippen LogP contribution in [0.5, 0.6) is 0 Å². The van der Waals surface area contributed by atoms with E-state index in [4.69, 9.17) is 28.9 Å². The molecular formula is C12H9Cl2IN2O2S. The van der Waals surface area contributed by atoms with Crippen molar-refractivity contribution in [1.82, 2.24) is 0 Å². The van der Waals surface area contributed by atoms with Crippen molar-refractivity contribution in [2.75, 3.05) is 10.5 Å². The molecule has 0 bridgehead atoms. The summed E-state index contributed by atoms with van der Waals surface area (Å²) >= 11 is 13.9. The zero-order chi connectivity index (χ0) is 14.9. The topological polar surface area (TPSA) is 72.2 Å². The molecule has 0 aliphatic heterocycles. The number of benzene rings is 2. The number of sulfonamides is 1. The van der Waals surface area contributed by atoms with Gasteiger partial charge in [0, 0.05) is 9.26 Å². The Bertz CT molecular complexity index is 743. The predicted molar refractivity (Wildman–Crippen MR) is 90.8 cm³/mol. The first-order chi connectivity index (χ1) is 9.31. The lowest BCUT2D eigenvalue weighted by Crippen LogP contribution is -2.15. The number of hydrogen-bond donors (Lipinski definition) is 2. The third kappa shape index (κ3) is 3.30. The first-order valence-electron chi connectivity index (χ1n) is 5.33. The van der Waals surface area contributed by atoms with Crippen LogP contribution in [0, 0.1) is 3.57 Å². The Hall–Kier alpha value is -0.700. The first-order valence-corrected chi connectivity index (χ1v) is 8.65. The fourth-order valence-corrected chi connectivity index (χ4v) is 4.60. The lowest BCUT2D eigenvalue weighted by molar-refractivity contribution is 0.601. The van der Waals surface area contributed by atoms with E-state index in [1.54, 1.807) is 18.2 Å². The van der Waals surface area contributed by atoms with Crippen LogP contribution in [-0.2, 0) is 10.0 Å². The van der Waals surface area contributed by atoms with E-state index < -0.39 is 10.0 Å². The Morgan fingerprint density at radius 3 is 2.20 bits per heavy atom. The average molecular weight is 443 g/mol. The summed E-state index contributed by atoms with van der Waals surface area (Å²) in [5, 5.41) is -0.0399. The second kappa shape index (κ2) is 5.97. The van der Waals surface area contributed by atoms with Crippen molar-refractivity contribution in [3.63, 3.8) is 0 Å². The van der Waals surface area contributed by atoms with E-state index in [-0.39, 0.29) is 14.9 Å². The summed E-state index contributed by atoms with van der Waals surface area (Å²) in [5.41, 5.74) is 6.32. The van der Waals surface area contributed by atoms with Gasteiger partial charge in [-0.1, -0.05) is 35.3 Å². The summed E-state index contributed by atoms with van der Waals surface area (Å²) in [4.78, 5) is -0.185. The Kier molecular flexibility index (Phi) is 4.68. The highest BCUT2D eigenvalue weighted by atomic mass is 127. The summed E-state index contributed by atoms with van der Waals surface area (Å²) in [5.74, 6) is 0. The van der Waals surface area contributed by atoms with Gasteiger partial charge in [-0.05, 0) is 46.9 Å². The molecule has 0 saturated heterocycles. The highest BCUT2D eigenvalue weighted by Gasteiger charge is 2.23. The highest BCUT2D eigenvalue weighted by Crippen LogP contribution is 2.33. The number of para-hydroxylation sites is 1. The highest BCUT2D eigenvalue weighted by molar-refractivity contribution is 14.1. The molecule has 0 aliphatic carbocycles. The van der Waals surface area contributed by atoms with Crippen molar-refractivity contribution in [3.05, 3.63) is 50.0 Å². The molecule has 0 unspecified atom stereocenters. The van der Waals surface area contributed by atoms with Crippen LogP contribution in [0.15, 0.2) is 41.3 Å². The molecule has 0 radical (unpaired) electrons. The van der Waals surface area contributed by atoms with E-state index in [0.29, 0.717) is 11.4 Å². The maximum atomic E-state index is 12.4. The predicted octanol–water partition coefficient (Wildman–Crippen LogP) is 3.98. The molecule has 0 aliphatic rings. The van der Waals surface area contributed by atoms with Crippen molar-refractivity contribution in [2.45, 2.75) is 4.90 Å². The van der Waals surface area contributed by atoms with Crippen LogP contribution in [0.1, 0.15) is 0 Å². The molecule has 2 rings (SSSR count). The molecule has 2 aromatic carbocycles. The van der Waals surface area contributed by atoms with Crippen molar-refractivity contribution < 1.29 is 8.42 Å². The number of hydrogen-bond acceptors (Lipinski definition) is 3. The SMILES string of the molecule is Nc1cc(Cl)c(S(=O)(=O)Nc2ccccc2I)c(Cl)c1. The lowest BCUT2D eigenvalue weighted by atomic mass is 10.3. The third-order valence-corrected chi connectivity index (χ3v) is 5.63. The number of rotatable bonds is 3. The van der Waals surface area contributed by atoms with Crippen molar-refractivity contribution in [3.8, 4) is 0 Å². The second-order valence-electron chi connectivity index (χ2n) is 3.90. The van der Waals surface area contributed by atoms with Crippen LogP contribution in [-0.4, -0.2) is 8.42 Å². The molecule has 106 valence electrons. The molecule has 0 saturated carbocycles. The number of nitrogens with one attached hydrogen (secondary N) is 1. The number of nitrogen functional groups attached to an aromatic ring is 1. The summed E-state index contributed by atoms with van der Waals surface area (Å²) in [6, 6.07) is 9.66. The van der Waals surface area contributed by atoms with Gasteiger partial charge in [-0.25, -0.2) is 8.42 Å². The minimum absolute atomic E-state index is 0.0200. The summed E-state index contributed by atoms with van der Waals surface area (Å²) in [7, 11) is -3.89. The van der Waals surface area contributed by atoms with Gasteiger partial charge in [-0.3, -0.25) is 4.72 Å². The van der Waals surface area contributed by atoms with Gasteiger partial charge in [0.05, 0.1) is 15.7 Å². The van der Waals surface area contributed by atoms with E-state index in [1.807, 2.05) is 28.7 Å². The lowest BCUT2D eigenvalue weighted by Gasteiger charge is -2.12. The zero-order valence-electron chi connectivity index (χ0n) is 9.90. The van der Waals surface area contributed by atoms with Gasteiger partial charge < -0.3 is 5.73 Å². The van der Waals surface area contributed by atoms with Crippen molar-refractivity contribution >= 4 is 67.2 Å². The second-order valence-corrected chi connectivity index (χ2v) is 7.49. The van der Waals surface area contributed by atoms with E-state index in [0.717, 1.165) is 3.57 Å². The first kappa shape index (κ1) is 15.7. The molecule has 3 N–H and O–H groups in total. The van der Waals surface area contributed by atoms with E-state index in [2.05, 4.69) is 4.72 Å². The van der Waals surface area contributed by atoms with E-state index >= 15 is 0 Å². The van der Waals surface area contributed by atoms with Gasteiger partial charge >= 0.3 is 0 Å². The maximum Gasteiger partial charge on any atom is 0.264 e. The smallest absolute Gasteiger partial charge is 0.264 e. The van der Waals surface area contributed by atoms with Crippen molar-refractivity contribution in [2.24, 2.45) is 0 Å². The average Bonchev–Trinajstić information content (AvgIpc) is 2.30. The molecule has 2 aromatic rings. The van der Waals surface area contributed by atoms with Crippen LogP contribution in [0.25, 0.3) is 0 Å². The maximum absolute atomic E-state index is 12.4. The van der Waals surface area contributed by atoms with Crippen LogP contribution < -0.4 is 10.5 Å². The molecular weight excluding hydrogens is 434 g/mol. The van der Waals surface area contributed by atoms with Crippen molar-refractivity contribution in [1.29, 1.82) is 0 Å². The molecule has 0 spiro atoms. The molecule has 0 aromatic heterocycles. The van der Waals surface area contributed by atoms with Gasteiger partial charge in [-0.2, -0.15) is 0 Å². The van der Waals surface area contributed by atoms with Gasteiger partial charge in [0.25, 0.3) is 10.0 Å². The minimum Gasteiger partial charge on any atom is -0.399 e. The molecule has 0 heterocycles. The third-order valence-electron chi connectivity index (χ3n) is 2.41. The summed E-state index contributed by atoms with van der Waals surface area (Å²) < 4.78 is 28.0. The zero-order valence-corrected chi connectivity index (χ0v) is 14.4. The Labute approximate surface area is 140 Å². The molecule has 0 amide bonds. The molecule has 8 heteroatoms. The van der Waals surface area contributed by atoms with E-state index in [1.165, 1.54) is 12.1 Å². The minimum atomic E-state index is -3.89. The molecule has 4 nitrogen and oxygen atoms in total. The Morgan fingerprint density at radius 2 is 1.65 bits per heavy atom.